The smallest absolute Gasteiger partial charge is 0.320 e. The van der Waals surface area contributed by atoms with Crippen molar-refractivity contribution in [1.82, 2.24) is 19.8 Å². The minimum absolute atomic E-state index is 0.0420. The van der Waals surface area contributed by atoms with Gasteiger partial charge in [0.2, 0.25) is 5.95 Å². The van der Waals surface area contributed by atoms with E-state index in [-0.39, 0.29) is 24.0 Å². The largest absolute Gasteiger partial charge is 0.403 e. The average molecular weight is 406 g/mol. The first-order valence-electron chi connectivity index (χ1n) is 10.2. The summed E-state index contributed by atoms with van der Waals surface area (Å²) < 4.78 is 0. The number of hydrogen-bond acceptors (Lipinski definition) is 7. The molecule has 0 spiro atoms. The van der Waals surface area contributed by atoms with E-state index in [1.807, 2.05) is 15.9 Å². The number of likely N-dealkylation sites (tertiary alicyclic amines) is 1. The number of urea groups is 1. The summed E-state index contributed by atoms with van der Waals surface area (Å²) in [6.45, 7) is 1.21. The number of anilines is 1. The maximum Gasteiger partial charge on any atom is 0.320 e. The zero-order chi connectivity index (χ0) is 21.1. The van der Waals surface area contributed by atoms with E-state index in [0.29, 0.717) is 24.7 Å². The highest BCUT2D eigenvalue weighted by atomic mass is 16.2. The highest BCUT2D eigenvalue weighted by Crippen LogP contribution is 2.39. The van der Waals surface area contributed by atoms with Crippen LogP contribution >= 0.6 is 0 Å². The summed E-state index contributed by atoms with van der Waals surface area (Å²) in [6.07, 6.45) is 10.4. The number of amides is 2. The van der Waals surface area contributed by atoms with E-state index in [1.165, 1.54) is 6.20 Å². The lowest BCUT2D eigenvalue weighted by Crippen LogP contribution is -2.49. The Morgan fingerprint density at radius 3 is 3.00 bits per heavy atom. The molecule has 3 unspecified atom stereocenters. The van der Waals surface area contributed by atoms with E-state index >= 15 is 0 Å². The molecule has 2 amide bonds. The summed E-state index contributed by atoms with van der Waals surface area (Å²) in [5.41, 5.74) is 8.21. The molecule has 0 aliphatic carbocycles. The van der Waals surface area contributed by atoms with Crippen LogP contribution in [0.4, 0.5) is 10.7 Å². The number of carbonyl (C=O) groups excluding carboxylic acids is 1. The van der Waals surface area contributed by atoms with Crippen LogP contribution in [0, 0.1) is 17.2 Å². The second-order valence-electron chi connectivity index (χ2n) is 7.84. The van der Waals surface area contributed by atoms with E-state index in [2.05, 4.69) is 32.4 Å². The summed E-state index contributed by atoms with van der Waals surface area (Å²) in [5.74, 6) is 0.412. The molecular weight excluding hydrogens is 380 g/mol. The van der Waals surface area contributed by atoms with E-state index < -0.39 is 0 Å². The minimum Gasteiger partial charge on any atom is -0.403 e. The van der Waals surface area contributed by atoms with Gasteiger partial charge in [0.05, 0.1) is 29.4 Å². The van der Waals surface area contributed by atoms with Crippen LogP contribution in [-0.4, -0.2) is 64.2 Å². The lowest BCUT2D eigenvalue weighted by atomic mass is 9.98. The molecule has 4 rings (SSSR count). The third kappa shape index (κ3) is 3.85. The predicted octanol–water partition coefficient (Wildman–Crippen LogP) is 1.97. The second-order valence-corrected chi connectivity index (χ2v) is 7.84. The molecule has 3 N–H and O–H groups in total. The maximum atomic E-state index is 13.1. The fraction of sp³-hybridized carbons (Fsp3) is 0.476. The van der Waals surface area contributed by atoms with Crippen molar-refractivity contribution in [2.24, 2.45) is 16.6 Å². The van der Waals surface area contributed by atoms with E-state index in [9.17, 15) is 4.79 Å². The van der Waals surface area contributed by atoms with Crippen molar-refractivity contribution in [2.75, 3.05) is 25.5 Å². The van der Waals surface area contributed by atoms with Crippen molar-refractivity contribution < 1.29 is 4.79 Å². The number of carbonyl (C=O) groups is 1. The second kappa shape index (κ2) is 8.53. The Bertz CT molecular complexity index is 947. The van der Waals surface area contributed by atoms with Gasteiger partial charge in [-0.2, -0.15) is 5.26 Å². The number of nitrogens with one attached hydrogen (secondary N) is 1. The summed E-state index contributed by atoms with van der Waals surface area (Å²) >= 11 is 0. The van der Waals surface area contributed by atoms with Gasteiger partial charge in [0.25, 0.3) is 0 Å². The minimum atomic E-state index is -0.0420. The molecule has 2 bridgehead atoms. The van der Waals surface area contributed by atoms with Gasteiger partial charge < -0.3 is 20.9 Å². The number of nitrogens with zero attached hydrogens (tertiary/aromatic N) is 6. The number of aromatic nitrogens is 2. The summed E-state index contributed by atoms with van der Waals surface area (Å²) in [7, 11) is 1.67. The van der Waals surface area contributed by atoms with Crippen LogP contribution in [0.3, 0.4) is 0 Å². The molecule has 3 aliphatic rings. The topological polar surface area (TPSA) is 124 Å². The number of nitrogens with two attached hydrogens (primary N) is 1. The third-order valence-electron chi connectivity index (χ3n) is 5.95. The van der Waals surface area contributed by atoms with Crippen LogP contribution in [-0.2, 0) is 0 Å². The quantitative estimate of drug-likeness (QED) is 0.737. The van der Waals surface area contributed by atoms with Gasteiger partial charge in [-0.05, 0) is 37.3 Å². The molecule has 9 heteroatoms. The third-order valence-corrected chi connectivity index (χ3v) is 5.95. The highest BCUT2D eigenvalue weighted by molar-refractivity contribution is 5.82. The normalized spacial score (nSPS) is 26.1. The Kier molecular flexibility index (Phi) is 5.65. The van der Waals surface area contributed by atoms with Gasteiger partial charge in [-0.15, -0.1) is 0 Å². The molecule has 156 valence electrons. The van der Waals surface area contributed by atoms with Gasteiger partial charge >= 0.3 is 6.03 Å². The predicted molar refractivity (Wildman–Crippen MR) is 114 cm³/mol. The molecule has 2 fully saturated rings. The SMILES string of the molecule is CN=CC(=CN)Nc1nccc(C2=CC3CCC(C2)N3C(=O)N2CCC(C#N)C2)n1. The average Bonchev–Trinajstić information content (AvgIpc) is 3.35. The first-order chi connectivity index (χ1) is 14.6. The number of fused-ring (bicyclic) bond motifs is 2. The van der Waals surface area contributed by atoms with Crippen LogP contribution in [0.2, 0.25) is 0 Å². The molecule has 30 heavy (non-hydrogen) atoms. The number of hydrogen-bond donors (Lipinski definition) is 2. The molecule has 0 aromatic carbocycles. The lowest BCUT2D eigenvalue weighted by Gasteiger charge is -2.36. The molecule has 9 nitrogen and oxygen atoms in total. The highest BCUT2D eigenvalue weighted by Gasteiger charge is 2.42. The van der Waals surface area contributed by atoms with Crippen LogP contribution in [0.1, 0.15) is 31.4 Å². The molecule has 0 radical (unpaired) electrons. The Balaban J connectivity index is 1.50. The molecule has 1 aromatic heterocycles. The van der Waals surface area contributed by atoms with Crippen molar-refractivity contribution in [1.29, 1.82) is 5.26 Å². The van der Waals surface area contributed by atoms with E-state index in [1.54, 1.807) is 19.5 Å². The van der Waals surface area contributed by atoms with Crippen LogP contribution in [0.25, 0.3) is 5.57 Å². The van der Waals surface area contributed by atoms with Gasteiger partial charge in [-0.25, -0.2) is 14.8 Å². The standard InChI is InChI=1S/C21H26N8O/c1-24-12-16(11-23)26-20-25-6-4-19(27-20)15-8-17-2-3-18(9-15)29(17)21(30)28-7-5-14(10-22)13-28/h4,6,8,11-12,14,17-18H,2-3,5,7,9,13,23H2,1H3,(H,25,26,27). The molecule has 4 heterocycles. The van der Waals surface area contributed by atoms with Gasteiger partial charge in [-0.3, -0.25) is 4.99 Å². The van der Waals surface area contributed by atoms with Crippen molar-refractivity contribution in [3.63, 3.8) is 0 Å². The fourth-order valence-corrected chi connectivity index (χ4v) is 4.50. The lowest BCUT2D eigenvalue weighted by molar-refractivity contribution is 0.145. The Labute approximate surface area is 176 Å². The summed E-state index contributed by atoms with van der Waals surface area (Å²) in [6, 6.07) is 4.49. The molecular formula is C21H26N8O. The van der Waals surface area contributed by atoms with Crippen molar-refractivity contribution in [3.8, 4) is 6.07 Å². The molecule has 0 saturated carbocycles. The molecule has 3 atom stereocenters. The van der Waals surface area contributed by atoms with Crippen molar-refractivity contribution in [2.45, 2.75) is 37.8 Å². The number of rotatable bonds is 4. The Morgan fingerprint density at radius 1 is 1.43 bits per heavy atom. The van der Waals surface area contributed by atoms with Gasteiger partial charge in [0, 0.05) is 44.8 Å². The zero-order valence-electron chi connectivity index (χ0n) is 17.0. The maximum absolute atomic E-state index is 13.1. The molecule has 3 aliphatic heterocycles. The van der Waals surface area contributed by atoms with E-state index in [4.69, 9.17) is 11.0 Å². The molecule has 1 aromatic rings. The van der Waals surface area contributed by atoms with Crippen molar-refractivity contribution >= 4 is 23.8 Å². The first kappa shape index (κ1) is 19.9. The van der Waals surface area contributed by atoms with Crippen LogP contribution in [0.5, 0.6) is 0 Å². The number of nitriles is 1. The number of allylic oxidation sites excluding steroid dienone is 1. The van der Waals surface area contributed by atoms with E-state index in [0.717, 1.165) is 37.0 Å². The molecule has 2 saturated heterocycles. The van der Waals surface area contributed by atoms with Crippen LogP contribution < -0.4 is 11.1 Å². The summed E-state index contributed by atoms with van der Waals surface area (Å²) in [4.78, 5) is 29.8. The zero-order valence-corrected chi connectivity index (χ0v) is 17.0. The number of aliphatic imine (C=N–C) groups is 1. The first-order valence-corrected chi connectivity index (χ1v) is 10.2. The fourth-order valence-electron chi connectivity index (χ4n) is 4.50. The van der Waals surface area contributed by atoms with Gasteiger partial charge in [-0.1, -0.05) is 6.08 Å². The monoisotopic (exact) mass is 406 g/mol. The van der Waals surface area contributed by atoms with Gasteiger partial charge in [0.15, 0.2) is 0 Å². The Morgan fingerprint density at radius 2 is 2.30 bits per heavy atom. The van der Waals surface area contributed by atoms with Crippen molar-refractivity contribution in [3.05, 3.63) is 35.9 Å². The Hall–Kier alpha value is -3.41. The summed E-state index contributed by atoms with van der Waals surface area (Å²) in [5, 5.41) is 12.2. The van der Waals surface area contributed by atoms with Gasteiger partial charge in [0.1, 0.15) is 0 Å². The van der Waals surface area contributed by atoms with Crippen LogP contribution in [0.15, 0.2) is 35.2 Å².